The number of ether oxygens (including phenoxy) is 3. The van der Waals surface area contributed by atoms with Crippen molar-refractivity contribution in [1.29, 1.82) is 0 Å². The van der Waals surface area contributed by atoms with Crippen LogP contribution in [0.4, 0.5) is 0 Å². The lowest BCUT2D eigenvalue weighted by Gasteiger charge is -2.18. The van der Waals surface area contributed by atoms with Crippen LogP contribution in [0.3, 0.4) is 0 Å². The summed E-state index contributed by atoms with van der Waals surface area (Å²) in [6.45, 7) is 1.39. The maximum absolute atomic E-state index is 12.8. The molecule has 0 heterocycles. The summed E-state index contributed by atoms with van der Waals surface area (Å²) < 4.78 is 41.4. The molecule has 0 aliphatic rings. The Hall–Kier alpha value is -3.31. The Labute approximate surface area is 187 Å². The van der Waals surface area contributed by atoms with Gasteiger partial charge in [-0.05, 0) is 36.8 Å². The van der Waals surface area contributed by atoms with Crippen molar-refractivity contribution in [3.8, 4) is 17.2 Å². The molecule has 0 aliphatic heterocycles. The minimum atomic E-state index is -3.54. The minimum absolute atomic E-state index is 0.149. The molecule has 0 aliphatic carbocycles. The molecule has 1 unspecified atom stereocenters. The highest BCUT2D eigenvalue weighted by Gasteiger charge is 2.21. The first-order chi connectivity index (χ1) is 15.0. The number of hydrogen-bond donors (Lipinski definition) is 2. The molecule has 0 fully saturated rings. The van der Waals surface area contributed by atoms with Crippen LogP contribution < -0.4 is 25.3 Å². The summed E-state index contributed by atoms with van der Waals surface area (Å²) in [6.07, 6.45) is 0. The number of benzene rings is 2. The van der Waals surface area contributed by atoms with E-state index in [1.54, 1.807) is 19.1 Å². The van der Waals surface area contributed by atoms with Crippen molar-refractivity contribution in [1.82, 2.24) is 9.62 Å². The first-order valence-corrected chi connectivity index (χ1v) is 11.0. The van der Waals surface area contributed by atoms with Gasteiger partial charge in [0.15, 0.2) is 18.1 Å². The lowest BCUT2D eigenvalue weighted by Crippen LogP contribution is -2.27. The van der Waals surface area contributed by atoms with E-state index in [1.165, 1.54) is 52.6 Å². The lowest BCUT2D eigenvalue weighted by atomic mass is 10.1. The largest absolute Gasteiger partial charge is 0.493 e. The Morgan fingerprint density at radius 2 is 1.59 bits per heavy atom. The summed E-state index contributed by atoms with van der Waals surface area (Å²) in [5.41, 5.74) is 6.07. The van der Waals surface area contributed by atoms with E-state index in [0.29, 0.717) is 0 Å². The van der Waals surface area contributed by atoms with Crippen LogP contribution in [-0.4, -0.2) is 59.5 Å². The average Bonchev–Trinajstić information content (AvgIpc) is 2.76. The highest BCUT2D eigenvalue weighted by atomic mass is 32.2. The second-order valence-electron chi connectivity index (χ2n) is 7.02. The molecular formula is C21H27N3O7S. The van der Waals surface area contributed by atoms with E-state index in [0.717, 1.165) is 9.87 Å². The van der Waals surface area contributed by atoms with Crippen molar-refractivity contribution in [2.45, 2.75) is 17.9 Å². The van der Waals surface area contributed by atoms with Gasteiger partial charge in [-0.1, -0.05) is 12.1 Å². The number of nitrogens with one attached hydrogen (secondary N) is 1. The minimum Gasteiger partial charge on any atom is -0.493 e. The predicted octanol–water partition coefficient (Wildman–Crippen LogP) is 1.31. The van der Waals surface area contributed by atoms with Crippen molar-refractivity contribution in [3.05, 3.63) is 47.5 Å². The molecule has 2 aromatic carbocycles. The van der Waals surface area contributed by atoms with E-state index in [4.69, 9.17) is 19.9 Å². The SMILES string of the molecule is COc1cc(C(=O)NC(C)c2ccc(S(=O)(=O)N(C)C)cc2)cc(OC)c1OCC(N)=O. The highest BCUT2D eigenvalue weighted by Crippen LogP contribution is 2.38. The molecule has 2 aromatic rings. The Morgan fingerprint density at radius 3 is 2.03 bits per heavy atom. The molecule has 11 heteroatoms. The normalized spacial score (nSPS) is 12.2. The third-order valence-corrected chi connectivity index (χ3v) is 6.42. The van der Waals surface area contributed by atoms with Crippen LogP contribution in [0.25, 0.3) is 0 Å². The molecule has 0 radical (unpaired) electrons. The second kappa shape index (κ2) is 10.3. The highest BCUT2D eigenvalue weighted by molar-refractivity contribution is 7.89. The van der Waals surface area contributed by atoms with Gasteiger partial charge in [0, 0.05) is 19.7 Å². The van der Waals surface area contributed by atoms with Crippen LogP contribution in [0.15, 0.2) is 41.3 Å². The zero-order valence-corrected chi connectivity index (χ0v) is 19.4. The van der Waals surface area contributed by atoms with Crippen LogP contribution in [-0.2, 0) is 14.8 Å². The smallest absolute Gasteiger partial charge is 0.255 e. The van der Waals surface area contributed by atoms with Crippen LogP contribution >= 0.6 is 0 Å². The Balaban J connectivity index is 2.23. The van der Waals surface area contributed by atoms with Crippen LogP contribution in [0.5, 0.6) is 17.2 Å². The van der Waals surface area contributed by atoms with Gasteiger partial charge >= 0.3 is 0 Å². The van der Waals surface area contributed by atoms with Gasteiger partial charge in [0.25, 0.3) is 11.8 Å². The molecule has 0 saturated heterocycles. The van der Waals surface area contributed by atoms with E-state index in [2.05, 4.69) is 5.32 Å². The number of nitrogens with zero attached hydrogens (tertiary/aromatic N) is 1. The number of nitrogens with two attached hydrogens (primary N) is 1. The van der Waals surface area contributed by atoms with E-state index >= 15 is 0 Å². The third kappa shape index (κ3) is 5.68. The molecule has 0 bridgehead atoms. The molecule has 3 N–H and O–H groups in total. The van der Waals surface area contributed by atoms with Gasteiger partial charge < -0.3 is 25.3 Å². The van der Waals surface area contributed by atoms with Crippen molar-refractivity contribution >= 4 is 21.8 Å². The van der Waals surface area contributed by atoms with Gasteiger partial charge in [-0.3, -0.25) is 9.59 Å². The summed E-state index contributed by atoms with van der Waals surface area (Å²) in [7, 11) is 2.15. The summed E-state index contributed by atoms with van der Waals surface area (Å²) in [6, 6.07) is 8.75. The molecule has 1 atom stereocenters. The fourth-order valence-corrected chi connectivity index (χ4v) is 3.70. The molecular weight excluding hydrogens is 438 g/mol. The van der Waals surface area contributed by atoms with E-state index < -0.39 is 27.9 Å². The average molecular weight is 466 g/mol. The van der Waals surface area contributed by atoms with Gasteiger partial charge in [-0.15, -0.1) is 0 Å². The second-order valence-corrected chi connectivity index (χ2v) is 9.17. The van der Waals surface area contributed by atoms with Crippen LogP contribution in [0.2, 0.25) is 0 Å². The van der Waals surface area contributed by atoms with Crippen LogP contribution in [0.1, 0.15) is 28.9 Å². The molecule has 10 nitrogen and oxygen atoms in total. The topological polar surface area (TPSA) is 137 Å². The van der Waals surface area contributed by atoms with E-state index in [1.807, 2.05) is 0 Å². The molecule has 2 rings (SSSR count). The number of primary amides is 1. The summed E-state index contributed by atoms with van der Waals surface area (Å²) in [5, 5.41) is 2.84. The first-order valence-electron chi connectivity index (χ1n) is 9.51. The number of rotatable bonds is 10. The maximum atomic E-state index is 12.8. The van der Waals surface area contributed by atoms with Crippen molar-refractivity contribution in [2.24, 2.45) is 5.73 Å². The lowest BCUT2D eigenvalue weighted by molar-refractivity contribution is -0.120. The zero-order chi connectivity index (χ0) is 24.1. The molecule has 2 amide bonds. The maximum Gasteiger partial charge on any atom is 0.255 e. The monoisotopic (exact) mass is 465 g/mol. The number of carbonyl (C=O) groups excluding carboxylic acids is 2. The van der Waals surface area contributed by atoms with Gasteiger partial charge in [-0.25, -0.2) is 12.7 Å². The van der Waals surface area contributed by atoms with Gasteiger partial charge in [0.1, 0.15) is 0 Å². The van der Waals surface area contributed by atoms with E-state index in [9.17, 15) is 18.0 Å². The number of carbonyl (C=O) groups is 2. The first kappa shape index (κ1) is 25.0. The Bertz CT molecular complexity index is 1060. The Kier molecular flexibility index (Phi) is 8.06. The number of sulfonamides is 1. The number of amides is 2. The van der Waals surface area contributed by atoms with Crippen LogP contribution in [0, 0.1) is 0 Å². The Morgan fingerprint density at radius 1 is 1.06 bits per heavy atom. The van der Waals surface area contributed by atoms with Crippen molar-refractivity contribution in [2.75, 3.05) is 34.9 Å². The summed E-state index contributed by atoms with van der Waals surface area (Å²) in [5.74, 6) is -0.547. The number of hydrogen-bond acceptors (Lipinski definition) is 7. The van der Waals surface area contributed by atoms with Crippen molar-refractivity contribution < 1.29 is 32.2 Å². The summed E-state index contributed by atoms with van der Waals surface area (Å²) in [4.78, 5) is 24.0. The molecule has 32 heavy (non-hydrogen) atoms. The van der Waals surface area contributed by atoms with E-state index in [-0.39, 0.29) is 34.3 Å². The fourth-order valence-electron chi connectivity index (χ4n) is 2.80. The predicted molar refractivity (Wildman–Crippen MR) is 117 cm³/mol. The molecule has 174 valence electrons. The zero-order valence-electron chi connectivity index (χ0n) is 18.5. The van der Waals surface area contributed by atoms with Gasteiger partial charge in [-0.2, -0.15) is 0 Å². The van der Waals surface area contributed by atoms with Gasteiger partial charge in [0.05, 0.1) is 25.2 Å². The third-order valence-electron chi connectivity index (χ3n) is 4.59. The molecule has 0 spiro atoms. The summed E-state index contributed by atoms with van der Waals surface area (Å²) >= 11 is 0. The van der Waals surface area contributed by atoms with Gasteiger partial charge in [0.2, 0.25) is 15.8 Å². The quantitative estimate of drug-likeness (QED) is 0.540. The molecule has 0 saturated carbocycles. The standard InChI is InChI=1S/C21H27N3O7S/c1-13(14-6-8-16(9-7-14)32(27,28)24(2)3)23-21(26)15-10-17(29-4)20(18(11-15)30-5)31-12-19(22)25/h6-11,13H,12H2,1-5H3,(H2,22,25)(H,23,26). The fraction of sp³-hybridized carbons (Fsp3) is 0.333. The molecule has 0 aromatic heterocycles. The number of methoxy groups -OCH3 is 2. The van der Waals surface area contributed by atoms with Crippen molar-refractivity contribution in [3.63, 3.8) is 0 Å².